The third-order valence-corrected chi connectivity index (χ3v) is 2.12. The second-order valence-electron chi connectivity index (χ2n) is 3.17. The molecule has 0 radical (unpaired) electrons. The van der Waals surface area contributed by atoms with Crippen molar-refractivity contribution in [2.45, 2.75) is 6.04 Å². The smallest absolute Gasteiger partial charge is 0.327 e. The summed E-state index contributed by atoms with van der Waals surface area (Å²) in [5, 5.41) is 2.84. The molecule has 1 aromatic rings. The third-order valence-electron chi connectivity index (χ3n) is 2.12. The van der Waals surface area contributed by atoms with E-state index in [9.17, 15) is 9.18 Å². The maximum Gasteiger partial charge on any atom is 0.327 e. The fraction of sp³-hybridized carbons (Fsp3) is 0.250. The number of halogens is 1. The zero-order chi connectivity index (χ0) is 12.0. The highest BCUT2D eigenvalue weighted by molar-refractivity contribution is 5.77. The Kier molecular flexibility index (Phi) is 4.66. The van der Waals surface area contributed by atoms with Crippen molar-refractivity contribution in [3.63, 3.8) is 0 Å². The maximum atomic E-state index is 13.5. The molecule has 0 aliphatic heterocycles. The van der Waals surface area contributed by atoms with Gasteiger partial charge in [-0.2, -0.15) is 0 Å². The van der Waals surface area contributed by atoms with Crippen molar-refractivity contribution in [2.24, 2.45) is 0 Å². The average Bonchev–Trinajstić information content (AvgIpc) is 2.31. The Hall–Kier alpha value is -1.68. The van der Waals surface area contributed by atoms with Crippen LogP contribution in [0.15, 0.2) is 36.9 Å². The van der Waals surface area contributed by atoms with Crippen molar-refractivity contribution in [3.8, 4) is 0 Å². The summed E-state index contributed by atoms with van der Waals surface area (Å²) in [5.41, 5.74) is 0.274. The predicted molar refractivity (Wildman–Crippen MR) is 59.4 cm³/mol. The molecule has 0 aromatic heterocycles. The Labute approximate surface area is 93.9 Å². The van der Waals surface area contributed by atoms with Gasteiger partial charge in [-0.15, -0.1) is 6.58 Å². The predicted octanol–water partition coefficient (Wildman–Crippen LogP) is 1.82. The van der Waals surface area contributed by atoms with Crippen molar-refractivity contribution in [3.05, 3.63) is 48.3 Å². The Bertz CT molecular complexity index is 379. The van der Waals surface area contributed by atoms with Crippen LogP contribution in [0.5, 0.6) is 0 Å². The molecule has 0 fully saturated rings. The molecule has 16 heavy (non-hydrogen) atoms. The Morgan fingerprint density at radius 3 is 2.88 bits per heavy atom. The van der Waals surface area contributed by atoms with Crippen molar-refractivity contribution in [1.29, 1.82) is 0 Å². The quantitative estimate of drug-likeness (QED) is 0.611. The number of nitrogens with one attached hydrogen (secondary N) is 1. The normalized spacial score (nSPS) is 11.9. The largest absolute Gasteiger partial charge is 0.468 e. The van der Waals surface area contributed by atoms with Crippen LogP contribution in [0.2, 0.25) is 0 Å². The van der Waals surface area contributed by atoms with Gasteiger partial charge in [0.25, 0.3) is 0 Å². The zero-order valence-corrected chi connectivity index (χ0v) is 9.07. The molecule has 1 N–H and O–H groups in total. The van der Waals surface area contributed by atoms with Gasteiger partial charge < -0.3 is 4.74 Å². The van der Waals surface area contributed by atoms with Gasteiger partial charge in [0.1, 0.15) is 11.9 Å². The lowest BCUT2D eigenvalue weighted by atomic mass is 10.1. The SMILES string of the molecule is C=CCNC(C(=O)OC)c1ccccc1F. The molecule has 4 heteroatoms. The van der Waals surface area contributed by atoms with E-state index in [-0.39, 0.29) is 5.56 Å². The number of hydrogen-bond acceptors (Lipinski definition) is 3. The van der Waals surface area contributed by atoms with Crippen LogP contribution < -0.4 is 5.32 Å². The highest BCUT2D eigenvalue weighted by Gasteiger charge is 2.22. The summed E-state index contributed by atoms with van der Waals surface area (Å²) >= 11 is 0. The molecule has 0 aliphatic rings. The number of esters is 1. The van der Waals surface area contributed by atoms with E-state index in [1.54, 1.807) is 24.3 Å². The van der Waals surface area contributed by atoms with Crippen molar-refractivity contribution < 1.29 is 13.9 Å². The van der Waals surface area contributed by atoms with Crippen molar-refractivity contribution in [2.75, 3.05) is 13.7 Å². The molecule has 86 valence electrons. The van der Waals surface area contributed by atoms with Gasteiger partial charge in [-0.1, -0.05) is 24.3 Å². The molecule has 1 atom stereocenters. The topological polar surface area (TPSA) is 38.3 Å². The van der Waals surface area contributed by atoms with Crippen LogP contribution >= 0.6 is 0 Å². The summed E-state index contributed by atoms with van der Waals surface area (Å²) in [6.07, 6.45) is 1.59. The number of methoxy groups -OCH3 is 1. The number of carbonyl (C=O) groups excluding carboxylic acids is 1. The zero-order valence-electron chi connectivity index (χ0n) is 9.07. The van der Waals surface area contributed by atoms with E-state index < -0.39 is 17.8 Å². The van der Waals surface area contributed by atoms with Gasteiger partial charge >= 0.3 is 5.97 Å². The number of benzene rings is 1. The fourth-order valence-corrected chi connectivity index (χ4v) is 1.35. The first-order chi connectivity index (χ1) is 7.70. The summed E-state index contributed by atoms with van der Waals surface area (Å²) in [5.74, 6) is -0.957. The van der Waals surface area contributed by atoms with E-state index in [0.29, 0.717) is 6.54 Å². The Morgan fingerprint density at radius 1 is 1.62 bits per heavy atom. The van der Waals surface area contributed by atoms with Crippen LogP contribution in [-0.2, 0) is 9.53 Å². The molecule has 0 saturated carbocycles. The summed E-state index contributed by atoms with van der Waals surface area (Å²) < 4.78 is 18.1. The number of rotatable bonds is 5. The fourth-order valence-electron chi connectivity index (χ4n) is 1.35. The highest BCUT2D eigenvalue weighted by atomic mass is 19.1. The van der Waals surface area contributed by atoms with Crippen LogP contribution in [0.4, 0.5) is 4.39 Å². The lowest BCUT2D eigenvalue weighted by Crippen LogP contribution is -2.30. The molecule has 0 bridgehead atoms. The van der Waals surface area contributed by atoms with Gasteiger partial charge in [0.15, 0.2) is 0 Å². The van der Waals surface area contributed by atoms with Gasteiger partial charge in [0, 0.05) is 12.1 Å². The average molecular weight is 223 g/mol. The second kappa shape index (κ2) is 6.02. The lowest BCUT2D eigenvalue weighted by molar-refractivity contribution is -0.143. The second-order valence-corrected chi connectivity index (χ2v) is 3.17. The first kappa shape index (κ1) is 12.4. The minimum Gasteiger partial charge on any atom is -0.468 e. The first-order valence-electron chi connectivity index (χ1n) is 4.87. The van der Waals surface area contributed by atoms with E-state index >= 15 is 0 Å². The van der Waals surface area contributed by atoms with Crippen LogP contribution in [0.1, 0.15) is 11.6 Å². The van der Waals surface area contributed by atoms with E-state index in [4.69, 9.17) is 0 Å². The molecule has 3 nitrogen and oxygen atoms in total. The third kappa shape index (κ3) is 2.90. The maximum absolute atomic E-state index is 13.5. The molecule has 0 amide bonds. The molecule has 0 spiro atoms. The summed E-state index contributed by atoms with van der Waals surface area (Å²) in [6.45, 7) is 3.92. The standard InChI is InChI=1S/C12H14FNO2/c1-3-8-14-11(12(15)16-2)9-6-4-5-7-10(9)13/h3-7,11,14H,1,8H2,2H3. The molecule has 0 aliphatic carbocycles. The molecule has 0 heterocycles. The highest BCUT2D eigenvalue weighted by Crippen LogP contribution is 2.17. The Morgan fingerprint density at radius 2 is 2.31 bits per heavy atom. The summed E-state index contributed by atoms with van der Waals surface area (Å²) in [6, 6.07) is 5.29. The summed E-state index contributed by atoms with van der Waals surface area (Å²) in [4.78, 5) is 11.5. The van der Waals surface area contributed by atoms with E-state index in [2.05, 4.69) is 16.6 Å². The van der Waals surface area contributed by atoms with Gasteiger partial charge in [-0.3, -0.25) is 5.32 Å². The number of carbonyl (C=O) groups is 1. The van der Waals surface area contributed by atoms with Crippen LogP contribution in [-0.4, -0.2) is 19.6 Å². The minimum atomic E-state index is -0.802. The van der Waals surface area contributed by atoms with Gasteiger partial charge in [-0.05, 0) is 6.07 Å². The van der Waals surface area contributed by atoms with Crippen LogP contribution in [0, 0.1) is 5.82 Å². The van der Waals surface area contributed by atoms with Crippen molar-refractivity contribution in [1.82, 2.24) is 5.32 Å². The molecule has 1 unspecified atom stereocenters. The molecule has 0 saturated heterocycles. The monoisotopic (exact) mass is 223 g/mol. The van der Waals surface area contributed by atoms with Gasteiger partial charge in [0.05, 0.1) is 7.11 Å². The number of ether oxygens (including phenoxy) is 1. The molecule has 1 rings (SSSR count). The van der Waals surface area contributed by atoms with Crippen LogP contribution in [0.3, 0.4) is 0 Å². The van der Waals surface area contributed by atoms with Gasteiger partial charge in [0.2, 0.25) is 0 Å². The molecular weight excluding hydrogens is 209 g/mol. The minimum absolute atomic E-state index is 0.274. The Balaban J connectivity index is 2.96. The van der Waals surface area contributed by atoms with Gasteiger partial charge in [-0.25, -0.2) is 9.18 Å². The summed E-state index contributed by atoms with van der Waals surface area (Å²) in [7, 11) is 1.27. The van der Waals surface area contributed by atoms with Crippen LogP contribution in [0.25, 0.3) is 0 Å². The number of hydrogen-bond donors (Lipinski definition) is 1. The first-order valence-corrected chi connectivity index (χ1v) is 4.87. The van der Waals surface area contributed by atoms with E-state index in [1.165, 1.54) is 13.2 Å². The molecular formula is C12H14FNO2. The van der Waals surface area contributed by atoms with Crippen molar-refractivity contribution >= 4 is 5.97 Å². The van der Waals surface area contributed by atoms with E-state index in [0.717, 1.165) is 0 Å². The van der Waals surface area contributed by atoms with E-state index in [1.807, 2.05) is 0 Å². The molecule has 1 aromatic carbocycles. The lowest BCUT2D eigenvalue weighted by Gasteiger charge is -2.16.